The minimum atomic E-state index is -0.591. The van der Waals surface area contributed by atoms with Gasteiger partial charge in [-0.15, -0.1) is 10.2 Å². The van der Waals surface area contributed by atoms with E-state index >= 15 is 0 Å². The van der Waals surface area contributed by atoms with Gasteiger partial charge in [0.1, 0.15) is 0 Å². The van der Waals surface area contributed by atoms with Crippen molar-refractivity contribution in [2.45, 2.75) is 25.9 Å². The Morgan fingerprint density at radius 2 is 2.04 bits per heavy atom. The number of halogens is 1. The molecule has 3 heterocycles. The second-order valence-corrected chi connectivity index (χ2v) is 7.48. The van der Waals surface area contributed by atoms with E-state index in [0.717, 1.165) is 41.3 Å². The molecule has 1 aliphatic heterocycles. The third-order valence-electron chi connectivity index (χ3n) is 4.73. The number of hydrogen-bond acceptors (Lipinski definition) is 5. The molecule has 0 saturated carbocycles. The molecule has 0 atom stereocenters. The van der Waals surface area contributed by atoms with Crippen LogP contribution in [-0.4, -0.2) is 33.6 Å². The van der Waals surface area contributed by atoms with Gasteiger partial charge in [-0.1, -0.05) is 22.4 Å². The summed E-state index contributed by atoms with van der Waals surface area (Å²) in [6.07, 6.45) is 4.98. The van der Waals surface area contributed by atoms with Gasteiger partial charge in [0.2, 0.25) is 5.88 Å². The molecule has 0 aliphatic carbocycles. The lowest BCUT2D eigenvalue weighted by Crippen LogP contribution is -2.31. The van der Waals surface area contributed by atoms with Gasteiger partial charge in [0, 0.05) is 9.86 Å². The molecule has 2 aromatic heterocycles. The number of rotatable bonds is 4. The smallest absolute Gasteiger partial charge is 0.331 e. The maximum Gasteiger partial charge on any atom is 0.331 e. The van der Waals surface area contributed by atoms with E-state index in [0.29, 0.717) is 6.67 Å². The Labute approximate surface area is 164 Å². The first-order valence-corrected chi connectivity index (χ1v) is 9.65. The second-order valence-electron chi connectivity index (χ2n) is 6.56. The van der Waals surface area contributed by atoms with Gasteiger partial charge in [-0.2, -0.15) is 0 Å². The van der Waals surface area contributed by atoms with E-state index in [-0.39, 0.29) is 17.3 Å². The minimum Gasteiger partial charge on any atom is -0.493 e. The zero-order chi connectivity index (χ0) is 18.8. The quantitative estimate of drug-likeness (QED) is 0.585. The lowest BCUT2D eigenvalue weighted by atomic mass is 10.1. The molecule has 0 spiro atoms. The number of aromatic nitrogens is 1. The maximum atomic E-state index is 12.1. The third-order valence-corrected chi connectivity index (χ3v) is 5.23. The summed E-state index contributed by atoms with van der Waals surface area (Å²) in [5, 5.41) is 19.3. The van der Waals surface area contributed by atoms with Crippen LogP contribution in [0.5, 0.6) is 5.88 Å². The highest BCUT2D eigenvalue weighted by Gasteiger charge is 2.20. The zero-order valence-corrected chi connectivity index (χ0v) is 16.2. The SMILES string of the molecule is O=C(N=Nc1c(O)n(CN2CCCCC2)c2ccc(Br)cc12)c1ccco1. The number of carbonyl (C=O) groups excluding carboxylic acids is 1. The number of furan rings is 1. The number of fused-ring (bicyclic) bond motifs is 1. The number of aromatic hydroxyl groups is 1. The first-order valence-electron chi connectivity index (χ1n) is 8.86. The highest BCUT2D eigenvalue weighted by atomic mass is 79.9. The first kappa shape index (κ1) is 17.9. The number of likely N-dealkylation sites (tertiary alicyclic amines) is 1. The fraction of sp³-hybridized carbons (Fsp3) is 0.316. The van der Waals surface area contributed by atoms with Crippen molar-refractivity contribution in [1.82, 2.24) is 9.47 Å². The standard InChI is InChI=1S/C19H19BrN4O3/c20-13-6-7-15-14(11-13)17(21-22-18(25)16-5-4-10-27-16)19(26)24(15)12-23-8-2-1-3-9-23/h4-7,10-11,26H,1-3,8-9,12H2. The number of nitrogens with zero attached hydrogens (tertiary/aromatic N) is 4. The van der Waals surface area contributed by atoms with E-state index in [4.69, 9.17) is 4.42 Å². The van der Waals surface area contributed by atoms with Crippen LogP contribution < -0.4 is 0 Å². The van der Waals surface area contributed by atoms with Crippen LogP contribution in [0.15, 0.2) is 55.7 Å². The van der Waals surface area contributed by atoms with E-state index in [1.807, 2.05) is 22.8 Å². The molecule has 1 aromatic carbocycles. The summed E-state index contributed by atoms with van der Waals surface area (Å²) < 4.78 is 7.72. The van der Waals surface area contributed by atoms with Crippen molar-refractivity contribution >= 4 is 38.4 Å². The predicted octanol–water partition coefficient (Wildman–Crippen LogP) is 5.07. The van der Waals surface area contributed by atoms with Crippen LogP contribution in [0.2, 0.25) is 0 Å². The zero-order valence-electron chi connectivity index (χ0n) is 14.6. The van der Waals surface area contributed by atoms with Crippen molar-refractivity contribution < 1.29 is 14.3 Å². The van der Waals surface area contributed by atoms with Gasteiger partial charge < -0.3 is 9.52 Å². The van der Waals surface area contributed by atoms with Crippen molar-refractivity contribution in [2.24, 2.45) is 10.2 Å². The van der Waals surface area contributed by atoms with Crippen molar-refractivity contribution in [3.05, 3.63) is 46.8 Å². The summed E-state index contributed by atoms with van der Waals surface area (Å²) in [7, 11) is 0. The average molecular weight is 431 g/mol. The summed E-state index contributed by atoms with van der Waals surface area (Å²) in [6.45, 7) is 2.58. The predicted molar refractivity (Wildman–Crippen MR) is 104 cm³/mol. The topological polar surface area (TPSA) is 83.3 Å². The van der Waals surface area contributed by atoms with E-state index < -0.39 is 5.91 Å². The Balaban J connectivity index is 1.72. The Morgan fingerprint density at radius 3 is 2.78 bits per heavy atom. The van der Waals surface area contributed by atoms with Crippen LogP contribution >= 0.6 is 15.9 Å². The fourth-order valence-corrected chi connectivity index (χ4v) is 3.74. The molecule has 8 heteroatoms. The van der Waals surface area contributed by atoms with E-state index in [9.17, 15) is 9.90 Å². The number of piperidine rings is 1. The number of benzene rings is 1. The summed E-state index contributed by atoms with van der Waals surface area (Å²) in [5.41, 5.74) is 1.13. The normalized spacial score (nSPS) is 15.7. The van der Waals surface area contributed by atoms with Crippen LogP contribution in [-0.2, 0) is 6.67 Å². The minimum absolute atomic E-state index is 0.00432. The average Bonchev–Trinajstić information content (AvgIpc) is 3.29. The molecule has 1 aliphatic rings. The van der Waals surface area contributed by atoms with Crippen LogP contribution in [0.4, 0.5) is 5.69 Å². The van der Waals surface area contributed by atoms with Gasteiger partial charge in [0.05, 0.1) is 18.4 Å². The molecular formula is C19H19BrN4O3. The largest absolute Gasteiger partial charge is 0.493 e. The van der Waals surface area contributed by atoms with Crippen molar-refractivity contribution in [1.29, 1.82) is 0 Å². The van der Waals surface area contributed by atoms with Gasteiger partial charge in [0.25, 0.3) is 0 Å². The number of amides is 1. The highest BCUT2D eigenvalue weighted by molar-refractivity contribution is 9.10. The molecule has 1 amide bonds. The highest BCUT2D eigenvalue weighted by Crippen LogP contribution is 2.40. The third kappa shape index (κ3) is 3.68. The Hall–Kier alpha value is -2.45. The number of carbonyl (C=O) groups is 1. The van der Waals surface area contributed by atoms with Gasteiger partial charge in [0.15, 0.2) is 11.4 Å². The number of azo groups is 1. The monoisotopic (exact) mass is 430 g/mol. The molecule has 1 fully saturated rings. The lowest BCUT2D eigenvalue weighted by Gasteiger charge is -2.27. The first-order chi connectivity index (χ1) is 13.1. The Bertz CT molecular complexity index is 988. The summed E-state index contributed by atoms with van der Waals surface area (Å²) in [5.74, 6) is -0.479. The van der Waals surface area contributed by atoms with Crippen LogP contribution in [0.3, 0.4) is 0 Å². The molecule has 0 unspecified atom stereocenters. The van der Waals surface area contributed by atoms with Gasteiger partial charge in [-0.05, 0) is 56.3 Å². The van der Waals surface area contributed by atoms with Crippen molar-refractivity contribution in [3.8, 4) is 5.88 Å². The molecule has 7 nitrogen and oxygen atoms in total. The van der Waals surface area contributed by atoms with Crippen LogP contribution in [0.25, 0.3) is 10.9 Å². The van der Waals surface area contributed by atoms with E-state index in [2.05, 4.69) is 31.1 Å². The molecule has 1 N–H and O–H groups in total. The molecule has 0 radical (unpaired) electrons. The second kappa shape index (κ2) is 7.66. The molecule has 0 bridgehead atoms. The Morgan fingerprint density at radius 1 is 1.22 bits per heavy atom. The Kier molecular flexibility index (Phi) is 5.09. The van der Waals surface area contributed by atoms with Gasteiger partial charge in [-0.3, -0.25) is 14.3 Å². The van der Waals surface area contributed by atoms with Gasteiger partial charge >= 0.3 is 5.91 Å². The molecule has 3 aromatic rings. The van der Waals surface area contributed by atoms with Gasteiger partial charge in [-0.25, -0.2) is 0 Å². The van der Waals surface area contributed by atoms with Crippen molar-refractivity contribution in [2.75, 3.05) is 13.1 Å². The molecule has 140 valence electrons. The summed E-state index contributed by atoms with van der Waals surface area (Å²) in [4.78, 5) is 14.4. The van der Waals surface area contributed by atoms with Crippen LogP contribution in [0, 0.1) is 0 Å². The maximum absolute atomic E-state index is 12.1. The fourth-order valence-electron chi connectivity index (χ4n) is 3.38. The molecule has 4 rings (SSSR count). The van der Waals surface area contributed by atoms with Crippen LogP contribution in [0.1, 0.15) is 29.8 Å². The molecule has 27 heavy (non-hydrogen) atoms. The molecule has 1 saturated heterocycles. The summed E-state index contributed by atoms with van der Waals surface area (Å²) in [6, 6.07) is 8.85. The number of hydrogen-bond donors (Lipinski definition) is 1. The summed E-state index contributed by atoms with van der Waals surface area (Å²) >= 11 is 3.45. The van der Waals surface area contributed by atoms with Crippen molar-refractivity contribution in [3.63, 3.8) is 0 Å². The van der Waals surface area contributed by atoms with E-state index in [1.54, 1.807) is 6.07 Å². The molecular weight excluding hydrogens is 412 g/mol. The van der Waals surface area contributed by atoms with E-state index in [1.165, 1.54) is 18.8 Å². The lowest BCUT2D eigenvalue weighted by molar-refractivity contribution is 0.0968.